The molecule has 3 aromatic rings. The van der Waals surface area contributed by atoms with Gasteiger partial charge in [0.25, 0.3) is 0 Å². The molecule has 1 fully saturated rings. The Balaban J connectivity index is 1.66. The largest absolute Gasteiger partial charge is 0.393 e. The summed E-state index contributed by atoms with van der Waals surface area (Å²) in [4.78, 5) is 10.9. The molecule has 142 valence electrons. The first kappa shape index (κ1) is 17.9. The second kappa shape index (κ2) is 7.23. The number of piperidine rings is 1. The molecule has 4 rings (SSSR count). The predicted octanol–water partition coefficient (Wildman–Crippen LogP) is 3.39. The van der Waals surface area contributed by atoms with E-state index in [2.05, 4.69) is 25.1 Å². The number of aliphatic hydroxyl groups excluding tert-OH is 1. The maximum atomic E-state index is 14.5. The lowest BCUT2D eigenvalue weighted by molar-refractivity contribution is 0.0570. The van der Waals surface area contributed by atoms with Crippen LogP contribution in [0.15, 0.2) is 30.5 Å². The van der Waals surface area contributed by atoms with Gasteiger partial charge in [-0.2, -0.15) is 5.10 Å². The Labute approximate surface area is 157 Å². The van der Waals surface area contributed by atoms with Crippen molar-refractivity contribution in [2.24, 2.45) is 11.8 Å². The fourth-order valence-corrected chi connectivity index (χ4v) is 3.86. The van der Waals surface area contributed by atoms with E-state index in [1.165, 1.54) is 6.07 Å². The molecule has 2 N–H and O–H groups in total. The number of pyridine rings is 2. The molecule has 6 nitrogen and oxygen atoms in total. The Bertz CT molecular complexity index is 941. The van der Waals surface area contributed by atoms with Gasteiger partial charge >= 0.3 is 0 Å². The number of hydrogen-bond acceptors (Lipinski definition) is 5. The molecule has 0 spiro atoms. The normalized spacial score (nSPS) is 19.0. The molecule has 0 aromatic carbocycles. The molecule has 0 radical (unpaired) electrons. The Morgan fingerprint density at radius 2 is 2.15 bits per heavy atom. The van der Waals surface area contributed by atoms with Crippen LogP contribution in [0.4, 0.5) is 10.2 Å². The monoisotopic (exact) mass is 369 g/mol. The van der Waals surface area contributed by atoms with E-state index in [1.54, 1.807) is 18.3 Å². The lowest BCUT2D eigenvalue weighted by Gasteiger charge is -2.37. The number of hydrogen-bond donors (Lipinski definition) is 2. The van der Waals surface area contributed by atoms with Crippen LogP contribution in [0.5, 0.6) is 0 Å². The molecule has 0 bridgehead atoms. The molecule has 3 aromatic heterocycles. The molecule has 0 amide bonds. The molecule has 1 aliphatic heterocycles. The average molecular weight is 369 g/mol. The number of aromatic amines is 1. The van der Waals surface area contributed by atoms with E-state index in [-0.39, 0.29) is 23.6 Å². The third kappa shape index (κ3) is 3.39. The van der Waals surface area contributed by atoms with E-state index >= 15 is 0 Å². The highest BCUT2D eigenvalue weighted by molar-refractivity contribution is 5.89. The molecule has 1 aliphatic rings. The molecule has 0 saturated carbocycles. The van der Waals surface area contributed by atoms with Gasteiger partial charge in [-0.25, -0.2) is 14.4 Å². The molecule has 2 atom stereocenters. The molecule has 27 heavy (non-hydrogen) atoms. The number of rotatable bonds is 4. The zero-order valence-corrected chi connectivity index (χ0v) is 15.6. The van der Waals surface area contributed by atoms with Gasteiger partial charge in [0.05, 0.1) is 11.8 Å². The smallest absolute Gasteiger partial charge is 0.181 e. The lowest BCUT2D eigenvalue weighted by atomic mass is 9.87. The van der Waals surface area contributed by atoms with Crippen LogP contribution >= 0.6 is 0 Å². The first-order chi connectivity index (χ1) is 13.0. The van der Waals surface area contributed by atoms with Crippen LogP contribution in [0.1, 0.15) is 26.7 Å². The molecule has 2 unspecified atom stereocenters. The van der Waals surface area contributed by atoms with Crippen LogP contribution in [0, 0.1) is 17.7 Å². The molecular formula is C20H24FN5O. The third-order valence-electron chi connectivity index (χ3n) is 5.35. The number of H-pyrrole nitrogens is 1. The number of fused-ring (bicyclic) bond motifs is 1. The van der Waals surface area contributed by atoms with Gasteiger partial charge in [-0.05, 0) is 43.0 Å². The fourth-order valence-electron chi connectivity index (χ4n) is 3.86. The van der Waals surface area contributed by atoms with Crippen molar-refractivity contribution >= 4 is 16.9 Å². The lowest BCUT2D eigenvalue weighted by Crippen LogP contribution is -2.42. The minimum absolute atomic E-state index is 0.200. The van der Waals surface area contributed by atoms with E-state index in [9.17, 15) is 9.50 Å². The van der Waals surface area contributed by atoms with Crippen LogP contribution in [0.2, 0.25) is 0 Å². The highest BCUT2D eigenvalue weighted by Gasteiger charge is 2.29. The SMILES string of the molecule is CC(C)C(O)C1CCCN(c2ccc(F)c(-c3[nH]nc4ncccc34)n2)C1. The highest BCUT2D eigenvalue weighted by atomic mass is 19.1. The summed E-state index contributed by atoms with van der Waals surface area (Å²) in [6.07, 6.45) is 3.30. The number of halogens is 1. The molecule has 0 aliphatic carbocycles. The molecule has 4 heterocycles. The second-order valence-corrected chi connectivity index (χ2v) is 7.56. The van der Waals surface area contributed by atoms with E-state index in [4.69, 9.17) is 0 Å². The third-order valence-corrected chi connectivity index (χ3v) is 5.35. The second-order valence-electron chi connectivity index (χ2n) is 7.56. The Morgan fingerprint density at radius 3 is 2.96 bits per heavy atom. The average Bonchev–Trinajstić information content (AvgIpc) is 3.12. The van der Waals surface area contributed by atoms with Crippen molar-refractivity contribution in [1.29, 1.82) is 0 Å². The van der Waals surface area contributed by atoms with Gasteiger partial charge < -0.3 is 10.0 Å². The molecule has 7 heteroatoms. The Kier molecular flexibility index (Phi) is 4.78. The maximum Gasteiger partial charge on any atom is 0.181 e. The number of nitrogens with one attached hydrogen (secondary N) is 1. The van der Waals surface area contributed by atoms with Crippen LogP contribution in [-0.2, 0) is 0 Å². The molecular weight excluding hydrogens is 345 g/mol. The first-order valence-electron chi connectivity index (χ1n) is 9.43. The summed E-state index contributed by atoms with van der Waals surface area (Å²) in [5, 5.41) is 18.2. The quantitative estimate of drug-likeness (QED) is 0.737. The first-order valence-corrected chi connectivity index (χ1v) is 9.43. The van der Waals surface area contributed by atoms with Crippen molar-refractivity contribution in [1.82, 2.24) is 20.2 Å². The van der Waals surface area contributed by atoms with Crippen molar-refractivity contribution in [2.45, 2.75) is 32.8 Å². The topological polar surface area (TPSA) is 77.9 Å². The van der Waals surface area contributed by atoms with Crippen molar-refractivity contribution in [3.63, 3.8) is 0 Å². The van der Waals surface area contributed by atoms with E-state index in [1.807, 2.05) is 19.9 Å². The standard InChI is InChI=1S/C20H24FN5O/c1-12(2)19(27)13-5-4-10-26(11-13)16-8-7-15(21)18(23-16)17-14-6-3-9-22-20(14)25-24-17/h3,6-9,12-13,19,27H,4-5,10-11H2,1-2H3,(H,22,24,25). The van der Waals surface area contributed by atoms with E-state index in [0.717, 1.165) is 37.1 Å². The summed E-state index contributed by atoms with van der Waals surface area (Å²) in [6.45, 7) is 5.65. The summed E-state index contributed by atoms with van der Waals surface area (Å²) >= 11 is 0. The predicted molar refractivity (Wildman–Crippen MR) is 103 cm³/mol. The van der Waals surface area contributed by atoms with Gasteiger partial charge in [0, 0.05) is 30.6 Å². The minimum atomic E-state index is -0.399. The Hall–Kier alpha value is -2.54. The summed E-state index contributed by atoms with van der Waals surface area (Å²) in [5.74, 6) is 0.740. The summed E-state index contributed by atoms with van der Waals surface area (Å²) < 4.78 is 14.5. The Morgan fingerprint density at radius 1 is 1.30 bits per heavy atom. The molecule has 1 saturated heterocycles. The van der Waals surface area contributed by atoms with Crippen molar-refractivity contribution in [3.8, 4) is 11.4 Å². The van der Waals surface area contributed by atoms with Crippen molar-refractivity contribution in [2.75, 3.05) is 18.0 Å². The van der Waals surface area contributed by atoms with Crippen molar-refractivity contribution < 1.29 is 9.50 Å². The van der Waals surface area contributed by atoms with Crippen LogP contribution < -0.4 is 4.90 Å². The zero-order valence-electron chi connectivity index (χ0n) is 15.6. The summed E-state index contributed by atoms with van der Waals surface area (Å²) in [5.41, 5.74) is 1.32. The van der Waals surface area contributed by atoms with Gasteiger partial charge in [-0.1, -0.05) is 13.8 Å². The maximum absolute atomic E-state index is 14.5. The number of anilines is 1. The van der Waals surface area contributed by atoms with Crippen LogP contribution in [0.3, 0.4) is 0 Å². The van der Waals surface area contributed by atoms with Gasteiger partial charge in [0.1, 0.15) is 11.5 Å². The van der Waals surface area contributed by atoms with Gasteiger partial charge in [0.15, 0.2) is 11.5 Å². The van der Waals surface area contributed by atoms with E-state index < -0.39 is 5.82 Å². The summed E-state index contributed by atoms with van der Waals surface area (Å²) in [7, 11) is 0. The number of nitrogens with zero attached hydrogens (tertiary/aromatic N) is 4. The van der Waals surface area contributed by atoms with Crippen molar-refractivity contribution in [3.05, 3.63) is 36.3 Å². The van der Waals surface area contributed by atoms with Crippen LogP contribution in [0.25, 0.3) is 22.4 Å². The zero-order chi connectivity index (χ0) is 19.0. The minimum Gasteiger partial charge on any atom is -0.393 e. The van der Waals surface area contributed by atoms with Gasteiger partial charge in [-0.3, -0.25) is 5.10 Å². The summed E-state index contributed by atoms with van der Waals surface area (Å²) in [6, 6.07) is 6.81. The number of aliphatic hydroxyl groups is 1. The van der Waals surface area contributed by atoms with Crippen LogP contribution in [-0.4, -0.2) is 44.5 Å². The number of aromatic nitrogens is 4. The van der Waals surface area contributed by atoms with E-state index in [0.29, 0.717) is 11.3 Å². The fraction of sp³-hybridized carbons (Fsp3) is 0.450. The van der Waals surface area contributed by atoms with Gasteiger partial charge in [0.2, 0.25) is 0 Å². The van der Waals surface area contributed by atoms with Gasteiger partial charge in [-0.15, -0.1) is 0 Å². The highest BCUT2D eigenvalue weighted by Crippen LogP contribution is 2.30.